The standard InChI is InChI=1S/C17H29N5O3.ClH/c1-25-10-9-18-7-8-19-17(24)14-11-20-22(12-14)13-16(23)21-15-5-3-2-4-6-15;/h11-12,15,18H,2-10,13H2,1H3,(H,19,24)(H,21,23);1H. The maximum absolute atomic E-state index is 12.1. The van der Waals surface area contributed by atoms with Crippen LogP contribution in [0.2, 0.25) is 0 Å². The molecule has 1 aliphatic carbocycles. The lowest BCUT2D eigenvalue weighted by Gasteiger charge is -2.22. The van der Waals surface area contributed by atoms with Gasteiger partial charge in [-0.25, -0.2) is 0 Å². The van der Waals surface area contributed by atoms with Crippen molar-refractivity contribution in [3.63, 3.8) is 0 Å². The maximum Gasteiger partial charge on any atom is 0.254 e. The zero-order chi connectivity index (χ0) is 17.9. The molecule has 3 N–H and O–H groups in total. The van der Waals surface area contributed by atoms with Crippen LogP contribution in [0, 0.1) is 0 Å². The summed E-state index contributed by atoms with van der Waals surface area (Å²) in [4.78, 5) is 24.1. The van der Waals surface area contributed by atoms with Crippen LogP contribution < -0.4 is 16.0 Å². The first kappa shape index (κ1) is 22.4. The first-order valence-corrected chi connectivity index (χ1v) is 8.98. The highest BCUT2D eigenvalue weighted by molar-refractivity contribution is 5.93. The van der Waals surface area contributed by atoms with Gasteiger partial charge in [-0.2, -0.15) is 5.10 Å². The summed E-state index contributed by atoms with van der Waals surface area (Å²) in [6.07, 6.45) is 8.81. The first-order valence-electron chi connectivity index (χ1n) is 8.98. The van der Waals surface area contributed by atoms with Crippen molar-refractivity contribution in [3.8, 4) is 0 Å². The number of amides is 2. The molecule has 2 amide bonds. The molecule has 1 aromatic rings. The number of nitrogens with one attached hydrogen (secondary N) is 3. The Hall–Kier alpha value is -1.64. The molecule has 0 aromatic carbocycles. The van der Waals surface area contributed by atoms with Gasteiger partial charge in [-0.15, -0.1) is 12.4 Å². The van der Waals surface area contributed by atoms with E-state index >= 15 is 0 Å². The Morgan fingerprint density at radius 2 is 2.00 bits per heavy atom. The fraction of sp³-hybridized carbons (Fsp3) is 0.706. The first-order chi connectivity index (χ1) is 12.2. The predicted octanol–water partition coefficient (Wildman–Crippen LogP) is 0.720. The lowest BCUT2D eigenvalue weighted by Crippen LogP contribution is -2.38. The summed E-state index contributed by atoms with van der Waals surface area (Å²) < 4.78 is 6.43. The molecule has 0 aliphatic heterocycles. The summed E-state index contributed by atoms with van der Waals surface area (Å²) in [6.45, 7) is 2.73. The molecule has 2 rings (SSSR count). The summed E-state index contributed by atoms with van der Waals surface area (Å²) >= 11 is 0. The van der Waals surface area contributed by atoms with Gasteiger partial charge in [0.15, 0.2) is 0 Å². The Labute approximate surface area is 160 Å². The van der Waals surface area contributed by atoms with Crippen LogP contribution in [0.5, 0.6) is 0 Å². The molecule has 1 fully saturated rings. The Morgan fingerprint density at radius 3 is 2.73 bits per heavy atom. The number of methoxy groups -OCH3 is 1. The van der Waals surface area contributed by atoms with Gasteiger partial charge < -0.3 is 20.7 Å². The van der Waals surface area contributed by atoms with Crippen molar-refractivity contribution in [2.24, 2.45) is 0 Å². The van der Waals surface area contributed by atoms with Gasteiger partial charge in [-0.1, -0.05) is 19.3 Å². The van der Waals surface area contributed by atoms with Crippen molar-refractivity contribution >= 4 is 24.2 Å². The van der Waals surface area contributed by atoms with Crippen molar-refractivity contribution < 1.29 is 14.3 Å². The molecule has 26 heavy (non-hydrogen) atoms. The molecule has 1 aromatic heterocycles. The molecule has 8 nitrogen and oxygen atoms in total. The third kappa shape index (κ3) is 8.16. The fourth-order valence-electron chi connectivity index (χ4n) is 2.90. The lowest BCUT2D eigenvalue weighted by atomic mass is 9.95. The second-order valence-corrected chi connectivity index (χ2v) is 6.33. The minimum atomic E-state index is -0.188. The molecule has 0 unspecified atom stereocenters. The van der Waals surface area contributed by atoms with Crippen molar-refractivity contribution in [1.29, 1.82) is 0 Å². The SMILES string of the molecule is COCCNCCNC(=O)c1cnn(CC(=O)NC2CCCCC2)c1.Cl. The molecule has 0 radical (unpaired) electrons. The van der Waals surface area contributed by atoms with E-state index in [0.29, 0.717) is 25.3 Å². The highest BCUT2D eigenvalue weighted by atomic mass is 35.5. The predicted molar refractivity (Wildman–Crippen MR) is 102 cm³/mol. The second kappa shape index (κ2) is 12.7. The second-order valence-electron chi connectivity index (χ2n) is 6.33. The number of carbonyl (C=O) groups excluding carboxylic acids is 2. The third-order valence-corrected chi connectivity index (χ3v) is 4.24. The number of rotatable bonds is 10. The van der Waals surface area contributed by atoms with E-state index in [1.165, 1.54) is 30.1 Å². The van der Waals surface area contributed by atoms with Gasteiger partial charge in [0, 0.05) is 39.0 Å². The van der Waals surface area contributed by atoms with E-state index in [-0.39, 0.29) is 36.8 Å². The number of halogens is 1. The van der Waals surface area contributed by atoms with Crippen molar-refractivity contribution in [2.45, 2.75) is 44.7 Å². The summed E-state index contributed by atoms with van der Waals surface area (Å²) in [6, 6.07) is 0.283. The van der Waals surface area contributed by atoms with E-state index < -0.39 is 0 Å². The van der Waals surface area contributed by atoms with Crippen LogP contribution >= 0.6 is 12.4 Å². The number of hydrogen-bond donors (Lipinski definition) is 3. The van der Waals surface area contributed by atoms with Gasteiger partial charge in [-0.05, 0) is 12.8 Å². The number of carbonyl (C=O) groups is 2. The number of ether oxygens (including phenoxy) is 1. The molecule has 9 heteroatoms. The average Bonchev–Trinajstić information content (AvgIpc) is 3.07. The zero-order valence-electron chi connectivity index (χ0n) is 15.3. The zero-order valence-corrected chi connectivity index (χ0v) is 16.1. The van der Waals surface area contributed by atoms with Crippen LogP contribution in [0.4, 0.5) is 0 Å². The molecular formula is C17H30ClN5O3. The highest BCUT2D eigenvalue weighted by Gasteiger charge is 2.16. The van der Waals surface area contributed by atoms with Gasteiger partial charge in [-0.3, -0.25) is 14.3 Å². The maximum atomic E-state index is 12.1. The summed E-state index contributed by atoms with van der Waals surface area (Å²) in [5.41, 5.74) is 0.461. The van der Waals surface area contributed by atoms with Crippen LogP contribution in [0.15, 0.2) is 12.4 Å². The molecule has 1 heterocycles. The fourth-order valence-corrected chi connectivity index (χ4v) is 2.90. The number of hydrogen-bond acceptors (Lipinski definition) is 5. The summed E-state index contributed by atoms with van der Waals surface area (Å²) in [5, 5.41) is 13.1. The summed E-state index contributed by atoms with van der Waals surface area (Å²) in [5.74, 6) is -0.239. The van der Waals surface area contributed by atoms with Gasteiger partial charge in [0.25, 0.3) is 5.91 Å². The normalized spacial score (nSPS) is 14.5. The molecule has 1 saturated carbocycles. The van der Waals surface area contributed by atoms with E-state index in [0.717, 1.165) is 19.4 Å². The van der Waals surface area contributed by atoms with E-state index in [4.69, 9.17) is 4.74 Å². The monoisotopic (exact) mass is 387 g/mol. The van der Waals surface area contributed by atoms with Crippen molar-refractivity contribution in [3.05, 3.63) is 18.0 Å². The molecule has 148 valence electrons. The van der Waals surface area contributed by atoms with Gasteiger partial charge in [0.2, 0.25) is 5.91 Å². The van der Waals surface area contributed by atoms with Crippen LogP contribution in [0.3, 0.4) is 0 Å². The van der Waals surface area contributed by atoms with Crippen LogP contribution in [-0.4, -0.2) is 61.0 Å². The minimum Gasteiger partial charge on any atom is -0.383 e. The lowest BCUT2D eigenvalue weighted by molar-refractivity contribution is -0.122. The minimum absolute atomic E-state index is 0. The van der Waals surface area contributed by atoms with E-state index in [1.54, 1.807) is 13.3 Å². The van der Waals surface area contributed by atoms with Crippen LogP contribution in [0.1, 0.15) is 42.5 Å². The smallest absolute Gasteiger partial charge is 0.254 e. The van der Waals surface area contributed by atoms with Gasteiger partial charge >= 0.3 is 0 Å². The van der Waals surface area contributed by atoms with Crippen LogP contribution in [0.25, 0.3) is 0 Å². The topological polar surface area (TPSA) is 97.3 Å². The Kier molecular flexibility index (Phi) is 10.9. The third-order valence-electron chi connectivity index (χ3n) is 4.24. The highest BCUT2D eigenvalue weighted by Crippen LogP contribution is 2.17. The van der Waals surface area contributed by atoms with E-state index in [9.17, 15) is 9.59 Å². The largest absolute Gasteiger partial charge is 0.383 e. The van der Waals surface area contributed by atoms with E-state index in [2.05, 4.69) is 21.0 Å². The number of nitrogens with zero attached hydrogens (tertiary/aromatic N) is 2. The molecule has 0 bridgehead atoms. The van der Waals surface area contributed by atoms with E-state index in [1.807, 2.05) is 0 Å². The van der Waals surface area contributed by atoms with Gasteiger partial charge in [0.1, 0.15) is 6.54 Å². The average molecular weight is 388 g/mol. The molecule has 0 atom stereocenters. The number of aromatic nitrogens is 2. The summed E-state index contributed by atoms with van der Waals surface area (Å²) in [7, 11) is 1.65. The Balaban J connectivity index is 0.00000338. The molecule has 0 saturated heterocycles. The quantitative estimate of drug-likeness (QED) is 0.514. The van der Waals surface area contributed by atoms with Gasteiger partial charge in [0.05, 0.1) is 18.4 Å². The molecule has 1 aliphatic rings. The Morgan fingerprint density at radius 1 is 1.23 bits per heavy atom. The van der Waals surface area contributed by atoms with Crippen molar-refractivity contribution in [2.75, 3.05) is 33.4 Å². The van der Waals surface area contributed by atoms with Crippen LogP contribution in [-0.2, 0) is 16.1 Å². The van der Waals surface area contributed by atoms with Crippen molar-refractivity contribution in [1.82, 2.24) is 25.7 Å². The molecular weight excluding hydrogens is 358 g/mol. The Bertz CT molecular complexity index is 546. The molecule has 0 spiro atoms.